The second-order valence-corrected chi connectivity index (χ2v) is 8.34. The number of thiazole rings is 1. The van der Waals surface area contributed by atoms with Gasteiger partial charge < -0.3 is 4.74 Å². The minimum absolute atomic E-state index is 0.0504. The van der Waals surface area contributed by atoms with Crippen molar-refractivity contribution < 1.29 is 9.53 Å². The van der Waals surface area contributed by atoms with Gasteiger partial charge in [-0.3, -0.25) is 9.69 Å². The number of rotatable bonds is 5. The summed E-state index contributed by atoms with van der Waals surface area (Å²) >= 11 is 3.18. The Morgan fingerprint density at radius 1 is 1.38 bits per heavy atom. The van der Waals surface area contributed by atoms with Crippen LogP contribution < -0.4 is 4.90 Å². The minimum atomic E-state index is -0.0504. The maximum Gasteiger partial charge on any atom is 0.252 e. The van der Waals surface area contributed by atoms with Crippen LogP contribution >= 0.6 is 22.7 Å². The number of amides is 1. The Morgan fingerprint density at radius 2 is 2.31 bits per heavy atom. The second-order valence-electron chi connectivity index (χ2n) is 6.35. The number of aromatic nitrogens is 1. The zero-order valence-electron chi connectivity index (χ0n) is 14.6. The molecule has 0 N–H and O–H groups in total. The van der Waals surface area contributed by atoms with Crippen molar-refractivity contribution >= 4 is 50.0 Å². The highest BCUT2D eigenvalue weighted by Gasteiger charge is 2.25. The van der Waals surface area contributed by atoms with Crippen molar-refractivity contribution in [1.29, 1.82) is 0 Å². The topological polar surface area (TPSA) is 42.4 Å². The molecule has 3 heterocycles. The normalized spacial score (nSPS) is 17.3. The smallest absolute Gasteiger partial charge is 0.252 e. The first kappa shape index (κ1) is 17.4. The van der Waals surface area contributed by atoms with Crippen LogP contribution in [0, 0.1) is 6.92 Å². The molecule has 2 aromatic heterocycles. The van der Waals surface area contributed by atoms with Gasteiger partial charge in [0.2, 0.25) is 0 Å². The molecule has 1 amide bonds. The van der Waals surface area contributed by atoms with Gasteiger partial charge in [-0.15, -0.1) is 11.3 Å². The summed E-state index contributed by atoms with van der Waals surface area (Å²) in [5.74, 6) is -0.0504. The van der Waals surface area contributed by atoms with E-state index in [0.29, 0.717) is 6.54 Å². The molecule has 0 saturated carbocycles. The number of aryl methyl sites for hydroxylation is 1. The van der Waals surface area contributed by atoms with Gasteiger partial charge in [-0.05, 0) is 48.9 Å². The van der Waals surface area contributed by atoms with Crippen LogP contribution in [-0.4, -0.2) is 30.1 Å². The lowest BCUT2D eigenvalue weighted by Crippen LogP contribution is -2.36. The van der Waals surface area contributed by atoms with Crippen molar-refractivity contribution in [3.63, 3.8) is 0 Å². The molecular weight excluding hydrogens is 364 g/mol. The number of thiophene rings is 1. The molecule has 0 radical (unpaired) electrons. The highest BCUT2D eigenvalue weighted by Crippen LogP contribution is 2.31. The van der Waals surface area contributed by atoms with Crippen molar-refractivity contribution in [3.05, 3.63) is 52.2 Å². The van der Waals surface area contributed by atoms with E-state index in [1.54, 1.807) is 33.6 Å². The van der Waals surface area contributed by atoms with E-state index in [-0.39, 0.29) is 12.0 Å². The molecule has 6 heteroatoms. The summed E-state index contributed by atoms with van der Waals surface area (Å²) in [6, 6.07) is 10.1. The highest BCUT2D eigenvalue weighted by molar-refractivity contribution is 7.22. The zero-order valence-corrected chi connectivity index (χ0v) is 16.2. The molecule has 4 rings (SSSR count). The maximum absolute atomic E-state index is 12.9. The fourth-order valence-electron chi connectivity index (χ4n) is 3.07. The van der Waals surface area contributed by atoms with E-state index in [2.05, 4.69) is 19.1 Å². The molecule has 134 valence electrons. The largest absolute Gasteiger partial charge is 0.376 e. The van der Waals surface area contributed by atoms with Gasteiger partial charge in [0.15, 0.2) is 5.13 Å². The van der Waals surface area contributed by atoms with E-state index >= 15 is 0 Å². The summed E-state index contributed by atoms with van der Waals surface area (Å²) < 4.78 is 6.87. The fourth-order valence-corrected chi connectivity index (χ4v) is 4.75. The molecule has 3 aromatic rings. The van der Waals surface area contributed by atoms with Gasteiger partial charge >= 0.3 is 0 Å². The summed E-state index contributed by atoms with van der Waals surface area (Å²) in [5.41, 5.74) is 2.10. The molecule has 1 aliphatic heterocycles. The van der Waals surface area contributed by atoms with Gasteiger partial charge in [0.25, 0.3) is 5.91 Å². The molecule has 0 bridgehead atoms. The number of para-hydroxylation sites is 1. The first-order valence-electron chi connectivity index (χ1n) is 8.71. The van der Waals surface area contributed by atoms with Crippen molar-refractivity contribution in [2.75, 3.05) is 18.1 Å². The second kappa shape index (κ2) is 7.70. The number of hydrogen-bond donors (Lipinski definition) is 0. The van der Waals surface area contributed by atoms with Gasteiger partial charge in [0, 0.05) is 17.6 Å². The van der Waals surface area contributed by atoms with Crippen LogP contribution in [0.3, 0.4) is 0 Å². The molecule has 26 heavy (non-hydrogen) atoms. The summed E-state index contributed by atoms with van der Waals surface area (Å²) in [6.07, 6.45) is 5.63. The molecule has 1 aromatic carbocycles. The number of hydrogen-bond acceptors (Lipinski definition) is 5. The lowest BCUT2D eigenvalue weighted by Gasteiger charge is -2.21. The molecule has 0 spiro atoms. The highest BCUT2D eigenvalue weighted by atomic mass is 32.1. The predicted octanol–water partition coefficient (Wildman–Crippen LogP) is 4.89. The van der Waals surface area contributed by atoms with Crippen LogP contribution in [0.25, 0.3) is 16.3 Å². The van der Waals surface area contributed by atoms with Crippen LogP contribution in [-0.2, 0) is 9.53 Å². The van der Waals surface area contributed by atoms with Crippen LogP contribution in [0.15, 0.2) is 41.8 Å². The van der Waals surface area contributed by atoms with Crippen LogP contribution in [0.5, 0.6) is 0 Å². The number of nitrogens with zero attached hydrogens (tertiary/aromatic N) is 2. The third-order valence-electron chi connectivity index (χ3n) is 4.45. The van der Waals surface area contributed by atoms with Crippen molar-refractivity contribution in [1.82, 2.24) is 4.98 Å². The lowest BCUT2D eigenvalue weighted by molar-refractivity contribution is -0.114. The quantitative estimate of drug-likeness (QED) is 0.588. The van der Waals surface area contributed by atoms with Crippen molar-refractivity contribution in [2.24, 2.45) is 0 Å². The Hall–Kier alpha value is -2.02. The molecule has 1 atom stereocenters. The zero-order chi connectivity index (χ0) is 17.9. The lowest BCUT2D eigenvalue weighted by atomic mass is 10.2. The SMILES string of the molecule is Cc1cccc2sc(N(CC3CCCO3)C(=O)/C=C/c3cccs3)nc12. The van der Waals surface area contributed by atoms with E-state index in [1.165, 1.54) is 0 Å². The molecule has 1 fully saturated rings. The van der Waals surface area contributed by atoms with Crippen LogP contribution in [0.2, 0.25) is 0 Å². The molecule has 4 nitrogen and oxygen atoms in total. The Labute approximate surface area is 160 Å². The number of ether oxygens (including phenoxy) is 1. The summed E-state index contributed by atoms with van der Waals surface area (Å²) in [6.45, 7) is 3.37. The van der Waals surface area contributed by atoms with E-state index in [0.717, 1.165) is 45.2 Å². The average Bonchev–Trinajstić information content (AvgIpc) is 3.39. The number of carbonyl (C=O) groups excluding carboxylic acids is 1. The monoisotopic (exact) mass is 384 g/mol. The van der Waals surface area contributed by atoms with Crippen LogP contribution in [0.4, 0.5) is 5.13 Å². The van der Waals surface area contributed by atoms with E-state index in [9.17, 15) is 4.79 Å². The minimum Gasteiger partial charge on any atom is -0.376 e. The van der Waals surface area contributed by atoms with Crippen molar-refractivity contribution in [2.45, 2.75) is 25.9 Å². The Kier molecular flexibility index (Phi) is 5.15. The molecule has 0 aliphatic carbocycles. The van der Waals surface area contributed by atoms with Gasteiger partial charge in [0.05, 0.1) is 22.9 Å². The molecule has 1 saturated heterocycles. The Morgan fingerprint density at radius 3 is 3.04 bits per heavy atom. The van der Waals surface area contributed by atoms with E-state index in [4.69, 9.17) is 9.72 Å². The number of anilines is 1. The summed E-state index contributed by atoms with van der Waals surface area (Å²) in [5, 5.41) is 2.75. The Bertz CT molecular complexity index is 925. The van der Waals surface area contributed by atoms with Gasteiger partial charge in [0.1, 0.15) is 0 Å². The number of fused-ring (bicyclic) bond motifs is 1. The number of carbonyl (C=O) groups is 1. The van der Waals surface area contributed by atoms with E-state index < -0.39 is 0 Å². The molecule has 1 unspecified atom stereocenters. The number of benzene rings is 1. The fraction of sp³-hybridized carbons (Fsp3) is 0.300. The maximum atomic E-state index is 12.9. The summed E-state index contributed by atoms with van der Waals surface area (Å²) in [4.78, 5) is 20.5. The molecular formula is C20H20N2O2S2. The standard InChI is InChI=1S/C20H20N2O2S2/c1-14-5-2-8-17-19(14)21-20(26-17)22(13-15-6-3-11-24-15)18(23)10-9-16-7-4-12-25-16/h2,4-5,7-10,12,15H,3,6,11,13H2,1H3/b10-9+. The molecule has 1 aliphatic rings. The van der Waals surface area contributed by atoms with Crippen LogP contribution in [0.1, 0.15) is 23.3 Å². The third kappa shape index (κ3) is 3.72. The predicted molar refractivity (Wildman–Crippen MR) is 109 cm³/mol. The van der Waals surface area contributed by atoms with E-state index in [1.807, 2.05) is 29.7 Å². The average molecular weight is 385 g/mol. The first-order valence-corrected chi connectivity index (χ1v) is 10.4. The van der Waals surface area contributed by atoms with Gasteiger partial charge in [-0.25, -0.2) is 4.98 Å². The van der Waals surface area contributed by atoms with Gasteiger partial charge in [-0.1, -0.05) is 29.5 Å². The van der Waals surface area contributed by atoms with Crippen molar-refractivity contribution in [3.8, 4) is 0 Å². The third-order valence-corrected chi connectivity index (χ3v) is 6.33. The summed E-state index contributed by atoms with van der Waals surface area (Å²) in [7, 11) is 0. The first-order chi connectivity index (χ1) is 12.7. The van der Waals surface area contributed by atoms with Gasteiger partial charge in [-0.2, -0.15) is 0 Å². The Balaban J connectivity index is 1.64.